The Bertz CT molecular complexity index is 463. The van der Waals surface area contributed by atoms with Crippen LogP contribution >= 0.6 is 11.6 Å². The van der Waals surface area contributed by atoms with E-state index in [1.165, 1.54) is 0 Å². The van der Waals surface area contributed by atoms with Gasteiger partial charge in [0.05, 0.1) is 6.54 Å². The molecule has 0 aliphatic heterocycles. The molecule has 0 aromatic heterocycles. The lowest BCUT2D eigenvalue weighted by Crippen LogP contribution is -2.35. The summed E-state index contributed by atoms with van der Waals surface area (Å²) in [5.41, 5.74) is 2.01. The van der Waals surface area contributed by atoms with E-state index in [0.29, 0.717) is 19.1 Å². The van der Waals surface area contributed by atoms with Gasteiger partial charge in [0.1, 0.15) is 0 Å². The van der Waals surface area contributed by atoms with E-state index in [1.54, 1.807) is 0 Å². The van der Waals surface area contributed by atoms with Crippen LogP contribution in [0.2, 0.25) is 5.02 Å². The number of hydrogen-bond acceptors (Lipinski definition) is 3. The highest BCUT2D eigenvalue weighted by molar-refractivity contribution is 6.31. The fourth-order valence-electron chi connectivity index (χ4n) is 1.86. The lowest BCUT2D eigenvalue weighted by atomic mass is 10.2. The summed E-state index contributed by atoms with van der Waals surface area (Å²) in [4.78, 5) is 13.6. The second kappa shape index (κ2) is 8.90. The van der Waals surface area contributed by atoms with Crippen molar-refractivity contribution < 1.29 is 4.79 Å². The molecule has 118 valence electrons. The first-order valence-corrected chi connectivity index (χ1v) is 7.81. The molecular formula is C16H26ClN3O. The Hall–Kier alpha value is -1.26. The predicted octanol–water partition coefficient (Wildman–Crippen LogP) is 2.80. The molecule has 0 aliphatic carbocycles. The van der Waals surface area contributed by atoms with Crippen LogP contribution in [0.15, 0.2) is 18.2 Å². The second-order valence-electron chi connectivity index (χ2n) is 5.52. The molecule has 21 heavy (non-hydrogen) atoms. The van der Waals surface area contributed by atoms with Crippen molar-refractivity contribution in [3.05, 3.63) is 28.8 Å². The molecule has 1 rings (SSSR count). The van der Waals surface area contributed by atoms with E-state index in [9.17, 15) is 4.79 Å². The molecule has 0 radical (unpaired) electrons. The summed E-state index contributed by atoms with van der Waals surface area (Å²) in [5.74, 6) is 0.0287. The molecule has 0 saturated heterocycles. The summed E-state index contributed by atoms with van der Waals surface area (Å²) in [6.07, 6.45) is 0.943. The largest absolute Gasteiger partial charge is 0.365 e. The van der Waals surface area contributed by atoms with E-state index in [1.807, 2.05) is 37.1 Å². The minimum atomic E-state index is 0.0287. The van der Waals surface area contributed by atoms with Gasteiger partial charge in [-0.25, -0.2) is 0 Å². The molecule has 0 fully saturated rings. The smallest absolute Gasteiger partial charge is 0.239 e. The van der Waals surface area contributed by atoms with Crippen LogP contribution in [-0.2, 0) is 11.3 Å². The summed E-state index contributed by atoms with van der Waals surface area (Å²) >= 11 is 6.31. The monoisotopic (exact) mass is 311 g/mol. The van der Waals surface area contributed by atoms with E-state index >= 15 is 0 Å². The molecule has 0 saturated carbocycles. The molecule has 0 bridgehead atoms. The maximum absolute atomic E-state index is 11.7. The molecule has 2 N–H and O–H groups in total. The van der Waals surface area contributed by atoms with Crippen LogP contribution in [0, 0.1) is 0 Å². The van der Waals surface area contributed by atoms with E-state index < -0.39 is 0 Å². The predicted molar refractivity (Wildman–Crippen MR) is 90.0 cm³/mol. The number of halogens is 1. The highest BCUT2D eigenvalue weighted by Crippen LogP contribution is 2.23. The first-order valence-electron chi connectivity index (χ1n) is 7.43. The van der Waals surface area contributed by atoms with E-state index in [2.05, 4.69) is 24.5 Å². The number of carbonyl (C=O) groups is 1. The minimum absolute atomic E-state index is 0.0287. The zero-order valence-electron chi connectivity index (χ0n) is 13.4. The number of likely N-dealkylation sites (N-methyl/N-ethyl adjacent to an activating group) is 1. The molecule has 1 aromatic rings. The molecule has 0 heterocycles. The number of amides is 1. The summed E-state index contributed by atoms with van der Waals surface area (Å²) < 4.78 is 0. The number of benzene rings is 1. The first kappa shape index (κ1) is 17.8. The number of rotatable bonds is 8. The summed E-state index contributed by atoms with van der Waals surface area (Å²) in [6.45, 7) is 8.04. The van der Waals surface area contributed by atoms with Gasteiger partial charge in [-0.2, -0.15) is 0 Å². The molecule has 0 atom stereocenters. The summed E-state index contributed by atoms with van der Waals surface area (Å²) in [6, 6.07) is 6.33. The fourth-order valence-corrected chi connectivity index (χ4v) is 2.10. The Morgan fingerprint density at radius 3 is 2.67 bits per heavy atom. The number of carbonyl (C=O) groups excluding carboxylic acids is 1. The molecule has 4 nitrogen and oxygen atoms in total. The zero-order chi connectivity index (χ0) is 15.8. The quantitative estimate of drug-likeness (QED) is 0.776. The number of nitrogens with zero attached hydrogens (tertiary/aromatic N) is 1. The van der Waals surface area contributed by atoms with Crippen molar-refractivity contribution in [1.29, 1.82) is 0 Å². The molecule has 0 spiro atoms. The van der Waals surface area contributed by atoms with Gasteiger partial charge >= 0.3 is 0 Å². The van der Waals surface area contributed by atoms with Crippen molar-refractivity contribution >= 4 is 23.2 Å². The topological polar surface area (TPSA) is 44.4 Å². The average Bonchev–Trinajstić information content (AvgIpc) is 2.43. The van der Waals surface area contributed by atoms with E-state index in [-0.39, 0.29) is 5.91 Å². The molecule has 5 heteroatoms. The third kappa shape index (κ3) is 6.36. The Morgan fingerprint density at radius 1 is 1.38 bits per heavy atom. The lowest BCUT2D eigenvalue weighted by molar-refractivity contribution is -0.119. The second-order valence-corrected chi connectivity index (χ2v) is 5.92. The lowest BCUT2D eigenvalue weighted by Gasteiger charge is -2.20. The van der Waals surface area contributed by atoms with Gasteiger partial charge in [-0.05, 0) is 24.1 Å². The normalized spacial score (nSPS) is 10.8. The minimum Gasteiger partial charge on any atom is -0.365 e. The van der Waals surface area contributed by atoms with Gasteiger partial charge in [-0.15, -0.1) is 0 Å². The highest BCUT2D eigenvalue weighted by atomic mass is 35.5. The fraction of sp³-hybridized carbons (Fsp3) is 0.562. The van der Waals surface area contributed by atoms with Gasteiger partial charge in [-0.1, -0.05) is 38.4 Å². The number of hydrogen-bond donors (Lipinski definition) is 2. The van der Waals surface area contributed by atoms with E-state index in [0.717, 1.165) is 29.2 Å². The highest BCUT2D eigenvalue weighted by Gasteiger charge is 2.09. The van der Waals surface area contributed by atoms with Crippen LogP contribution in [0.3, 0.4) is 0 Å². The van der Waals surface area contributed by atoms with Crippen LogP contribution in [0.1, 0.15) is 32.8 Å². The third-order valence-electron chi connectivity index (χ3n) is 3.13. The number of nitrogens with one attached hydrogen (secondary N) is 2. The van der Waals surface area contributed by atoms with Crippen LogP contribution in [0.5, 0.6) is 0 Å². The summed E-state index contributed by atoms with van der Waals surface area (Å²) in [7, 11) is 1.89. The van der Waals surface area contributed by atoms with Gasteiger partial charge in [0, 0.05) is 36.9 Å². The van der Waals surface area contributed by atoms with Gasteiger partial charge in [0.2, 0.25) is 5.91 Å². The van der Waals surface area contributed by atoms with E-state index in [4.69, 9.17) is 11.6 Å². The third-order valence-corrected chi connectivity index (χ3v) is 3.48. The molecular weight excluding hydrogens is 286 g/mol. The van der Waals surface area contributed by atoms with Crippen LogP contribution < -0.4 is 15.5 Å². The van der Waals surface area contributed by atoms with Crippen LogP contribution in [-0.4, -0.2) is 32.1 Å². The Labute approximate surface area is 132 Å². The Kier molecular flexibility index (Phi) is 7.54. The SMILES string of the molecule is CCCNC(=O)CN(C)c1ccc(CNC(C)C)c(Cl)c1. The van der Waals surface area contributed by atoms with Crippen molar-refractivity contribution in [2.24, 2.45) is 0 Å². The average molecular weight is 312 g/mol. The van der Waals surface area contributed by atoms with Gasteiger partial charge in [0.15, 0.2) is 0 Å². The van der Waals surface area contributed by atoms with Gasteiger partial charge in [0.25, 0.3) is 0 Å². The Morgan fingerprint density at radius 2 is 2.10 bits per heavy atom. The van der Waals surface area contributed by atoms with Crippen LogP contribution in [0.25, 0.3) is 0 Å². The molecule has 1 amide bonds. The van der Waals surface area contributed by atoms with Crippen LogP contribution in [0.4, 0.5) is 5.69 Å². The van der Waals surface area contributed by atoms with Gasteiger partial charge in [-0.3, -0.25) is 4.79 Å². The van der Waals surface area contributed by atoms with Crippen molar-refractivity contribution in [1.82, 2.24) is 10.6 Å². The maximum atomic E-state index is 11.7. The van der Waals surface area contributed by atoms with Gasteiger partial charge < -0.3 is 15.5 Å². The first-order chi connectivity index (χ1) is 9.93. The Balaban J connectivity index is 2.63. The zero-order valence-corrected chi connectivity index (χ0v) is 14.1. The van der Waals surface area contributed by atoms with Crippen molar-refractivity contribution in [3.63, 3.8) is 0 Å². The maximum Gasteiger partial charge on any atom is 0.239 e. The molecule has 0 unspecified atom stereocenters. The molecule has 1 aromatic carbocycles. The standard InChI is InChI=1S/C16H26ClN3O/c1-5-8-18-16(21)11-20(4)14-7-6-13(15(17)9-14)10-19-12(2)3/h6-7,9,12,19H,5,8,10-11H2,1-4H3,(H,18,21). The van der Waals surface area contributed by atoms with Crippen molar-refractivity contribution in [2.75, 3.05) is 25.0 Å². The number of anilines is 1. The molecule has 0 aliphatic rings. The summed E-state index contributed by atoms with van der Waals surface area (Å²) in [5, 5.41) is 6.94. The van der Waals surface area contributed by atoms with Crippen molar-refractivity contribution in [2.45, 2.75) is 39.8 Å². The van der Waals surface area contributed by atoms with Crippen molar-refractivity contribution in [3.8, 4) is 0 Å².